The third-order valence-electron chi connectivity index (χ3n) is 5.00. The van der Waals surface area contributed by atoms with E-state index in [-0.39, 0.29) is 17.6 Å². The predicted molar refractivity (Wildman–Crippen MR) is 84.5 cm³/mol. The topological polar surface area (TPSA) is 29.5 Å². The number of amides is 1. The maximum atomic E-state index is 12.2. The van der Waals surface area contributed by atoms with Crippen LogP contribution in [-0.4, -0.2) is 24.2 Å². The summed E-state index contributed by atoms with van der Waals surface area (Å²) in [5.74, 6) is 0.138. The first-order chi connectivity index (χ1) is 10.1. The lowest BCUT2D eigenvalue weighted by Gasteiger charge is -2.42. The number of benzene rings is 1. The van der Waals surface area contributed by atoms with E-state index in [0.717, 1.165) is 38.0 Å². The number of rotatable bonds is 2. The highest BCUT2D eigenvalue weighted by molar-refractivity contribution is 5.92. The lowest BCUT2D eigenvalue weighted by molar-refractivity contribution is -0.119. The zero-order valence-corrected chi connectivity index (χ0v) is 13.1. The van der Waals surface area contributed by atoms with Gasteiger partial charge in [-0.2, -0.15) is 0 Å². The van der Waals surface area contributed by atoms with Crippen LogP contribution in [0.15, 0.2) is 24.3 Å². The van der Waals surface area contributed by atoms with Crippen LogP contribution < -0.4 is 4.90 Å². The summed E-state index contributed by atoms with van der Waals surface area (Å²) in [4.78, 5) is 14.2. The predicted octanol–water partition coefficient (Wildman–Crippen LogP) is 3.84. The van der Waals surface area contributed by atoms with Crippen molar-refractivity contribution < 1.29 is 9.53 Å². The van der Waals surface area contributed by atoms with Crippen LogP contribution in [0.5, 0.6) is 0 Å². The number of nitrogens with zero attached hydrogens (tertiary/aromatic N) is 1. The van der Waals surface area contributed by atoms with Crippen molar-refractivity contribution in [1.82, 2.24) is 0 Å². The fourth-order valence-corrected chi connectivity index (χ4v) is 3.95. The highest BCUT2D eigenvalue weighted by atomic mass is 16.5. The van der Waals surface area contributed by atoms with Gasteiger partial charge in [0.15, 0.2) is 0 Å². The van der Waals surface area contributed by atoms with E-state index in [2.05, 4.69) is 31.2 Å². The van der Waals surface area contributed by atoms with Crippen molar-refractivity contribution in [1.29, 1.82) is 0 Å². The highest BCUT2D eigenvalue weighted by Crippen LogP contribution is 2.42. The number of carbonyl (C=O) groups is 1. The largest absolute Gasteiger partial charge is 0.375 e. The van der Waals surface area contributed by atoms with Crippen LogP contribution in [0.3, 0.4) is 0 Å². The van der Waals surface area contributed by atoms with Crippen LogP contribution in [-0.2, 0) is 9.53 Å². The van der Waals surface area contributed by atoms with Crippen molar-refractivity contribution in [2.75, 3.05) is 11.5 Å². The minimum Gasteiger partial charge on any atom is -0.375 e. The Morgan fingerprint density at radius 3 is 2.52 bits per heavy atom. The molecule has 1 saturated heterocycles. The molecule has 0 bridgehead atoms. The first kappa shape index (κ1) is 14.6. The molecule has 3 heteroatoms. The van der Waals surface area contributed by atoms with E-state index in [1.165, 1.54) is 18.4 Å². The summed E-state index contributed by atoms with van der Waals surface area (Å²) in [6.07, 6.45) is 6.76. The van der Waals surface area contributed by atoms with Crippen molar-refractivity contribution >= 4 is 11.6 Å². The molecule has 0 aromatic heterocycles. The number of aryl methyl sites for hydroxylation is 1. The molecule has 3 nitrogen and oxygen atoms in total. The zero-order valence-electron chi connectivity index (χ0n) is 13.1. The van der Waals surface area contributed by atoms with Crippen LogP contribution in [0.2, 0.25) is 0 Å². The summed E-state index contributed by atoms with van der Waals surface area (Å²) in [5, 5.41) is 0. The van der Waals surface area contributed by atoms with Gasteiger partial charge in [0.2, 0.25) is 5.91 Å². The second-order valence-electron chi connectivity index (χ2n) is 6.61. The maximum Gasteiger partial charge on any atom is 0.224 e. The Kier molecular flexibility index (Phi) is 4.03. The van der Waals surface area contributed by atoms with E-state index in [4.69, 9.17) is 4.74 Å². The molecule has 1 atom stereocenters. The molecule has 0 radical (unpaired) electrons. The lowest BCUT2D eigenvalue weighted by atomic mass is 9.88. The normalized spacial score (nSPS) is 24.2. The number of ether oxygens (including phenoxy) is 1. The summed E-state index contributed by atoms with van der Waals surface area (Å²) in [6, 6.07) is 8.56. The van der Waals surface area contributed by atoms with Gasteiger partial charge >= 0.3 is 0 Å². The van der Waals surface area contributed by atoms with Crippen LogP contribution in [0.4, 0.5) is 5.69 Å². The van der Waals surface area contributed by atoms with Crippen LogP contribution in [0, 0.1) is 6.92 Å². The molecular formula is C18H25NO2. The summed E-state index contributed by atoms with van der Waals surface area (Å²) in [5.41, 5.74) is 2.29. The number of anilines is 1. The standard InChI is InChI=1S/C18H25NO2/c1-14-5-7-16(8-6-14)19(15(2)20)17-9-12-21-18(13-17)10-3-4-11-18/h5-8,17H,3-4,9-13H2,1-2H3. The van der Waals surface area contributed by atoms with Gasteiger partial charge in [0.25, 0.3) is 0 Å². The van der Waals surface area contributed by atoms with E-state index in [1.54, 1.807) is 6.92 Å². The summed E-state index contributed by atoms with van der Waals surface area (Å²) >= 11 is 0. The molecule has 1 aliphatic heterocycles. The zero-order chi connectivity index (χ0) is 14.9. The van der Waals surface area contributed by atoms with Crippen molar-refractivity contribution in [2.45, 2.75) is 64.0 Å². The quantitative estimate of drug-likeness (QED) is 0.827. The molecule has 1 aliphatic carbocycles. The van der Waals surface area contributed by atoms with E-state index < -0.39 is 0 Å². The summed E-state index contributed by atoms with van der Waals surface area (Å²) in [6.45, 7) is 4.53. The lowest BCUT2D eigenvalue weighted by Crippen LogP contribution is -2.49. The molecule has 1 heterocycles. The van der Waals surface area contributed by atoms with Gasteiger partial charge in [-0.05, 0) is 44.7 Å². The van der Waals surface area contributed by atoms with Crippen LogP contribution >= 0.6 is 0 Å². The third-order valence-corrected chi connectivity index (χ3v) is 5.00. The Balaban J connectivity index is 1.83. The Bertz CT molecular complexity index is 502. The van der Waals surface area contributed by atoms with Gasteiger partial charge < -0.3 is 9.64 Å². The van der Waals surface area contributed by atoms with Crippen molar-refractivity contribution in [2.24, 2.45) is 0 Å². The number of carbonyl (C=O) groups excluding carboxylic acids is 1. The summed E-state index contributed by atoms with van der Waals surface area (Å²) in [7, 11) is 0. The Hall–Kier alpha value is -1.35. The van der Waals surface area contributed by atoms with Gasteiger partial charge in [0, 0.05) is 25.3 Å². The minimum absolute atomic E-state index is 0.0430. The van der Waals surface area contributed by atoms with Gasteiger partial charge in [-0.25, -0.2) is 0 Å². The van der Waals surface area contributed by atoms with E-state index in [1.807, 2.05) is 4.90 Å². The molecule has 21 heavy (non-hydrogen) atoms. The third kappa shape index (κ3) is 2.98. The maximum absolute atomic E-state index is 12.2. The molecule has 2 fully saturated rings. The first-order valence-corrected chi connectivity index (χ1v) is 8.10. The average molecular weight is 287 g/mol. The molecule has 3 rings (SSSR count). The van der Waals surface area contributed by atoms with Crippen molar-refractivity contribution in [3.63, 3.8) is 0 Å². The molecule has 1 aromatic rings. The Morgan fingerprint density at radius 2 is 1.90 bits per heavy atom. The Morgan fingerprint density at radius 1 is 1.24 bits per heavy atom. The molecule has 1 amide bonds. The number of hydrogen-bond donors (Lipinski definition) is 0. The molecule has 1 spiro atoms. The number of hydrogen-bond acceptors (Lipinski definition) is 2. The molecule has 1 unspecified atom stereocenters. The smallest absolute Gasteiger partial charge is 0.224 e. The van der Waals surface area contributed by atoms with Gasteiger partial charge in [-0.3, -0.25) is 4.79 Å². The van der Waals surface area contributed by atoms with E-state index >= 15 is 0 Å². The Labute approximate surface area is 127 Å². The van der Waals surface area contributed by atoms with Gasteiger partial charge in [-0.1, -0.05) is 30.5 Å². The SMILES string of the molecule is CC(=O)N(c1ccc(C)cc1)C1CCOC2(CCCC2)C1. The van der Waals surface area contributed by atoms with Crippen molar-refractivity contribution in [3.05, 3.63) is 29.8 Å². The molecule has 114 valence electrons. The van der Waals surface area contributed by atoms with Gasteiger partial charge in [0.1, 0.15) is 0 Å². The average Bonchev–Trinajstić information content (AvgIpc) is 2.89. The highest BCUT2D eigenvalue weighted by Gasteiger charge is 2.42. The fourth-order valence-electron chi connectivity index (χ4n) is 3.95. The fraction of sp³-hybridized carbons (Fsp3) is 0.611. The van der Waals surface area contributed by atoms with E-state index in [0.29, 0.717) is 0 Å². The summed E-state index contributed by atoms with van der Waals surface area (Å²) < 4.78 is 6.10. The monoisotopic (exact) mass is 287 g/mol. The molecule has 1 saturated carbocycles. The van der Waals surface area contributed by atoms with Crippen molar-refractivity contribution in [3.8, 4) is 0 Å². The molecule has 0 N–H and O–H groups in total. The molecule has 2 aliphatic rings. The van der Waals surface area contributed by atoms with Crippen LogP contribution in [0.1, 0.15) is 51.0 Å². The second-order valence-corrected chi connectivity index (χ2v) is 6.61. The van der Waals surface area contributed by atoms with Gasteiger partial charge in [-0.15, -0.1) is 0 Å². The van der Waals surface area contributed by atoms with E-state index in [9.17, 15) is 4.79 Å². The van der Waals surface area contributed by atoms with Gasteiger partial charge in [0.05, 0.1) is 5.60 Å². The molecule has 1 aromatic carbocycles. The second kappa shape index (κ2) is 5.80. The van der Waals surface area contributed by atoms with Crippen LogP contribution in [0.25, 0.3) is 0 Å². The first-order valence-electron chi connectivity index (χ1n) is 8.10. The minimum atomic E-state index is 0.0430. The molecular weight excluding hydrogens is 262 g/mol.